The highest BCUT2D eigenvalue weighted by Crippen LogP contribution is 2.06. The van der Waals surface area contributed by atoms with Crippen molar-refractivity contribution in [1.29, 1.82) is 0 Å². The third-order valence-corrected chi connectivity index (χ3v) is 2.46. The van der Waals surface area contributed by atoms with Crippen LogP contribution in [0.3, 0.4) is 0 Å². The Kier molecular flexibility index (Phi) is 6.67. The van der Waals surface area contributed by atoms with Crippen molar-refractivity contribution in [3.8, 4) is 0 Å². The zero-order valence-corrected chi connectivity index (χ0v) is 11.8. The summed E-state index contributed by atoms with van der Waals surface area (Å²) in [5, 5.41) is 9.72. The first-order valence-electron chi connectivity index (χ1n) is 6.60. The van der Waals surface area contributed by atoms with E-state index in [-0.39, 0.29) is 24.7 Å². The van der Waals surface area contributed by atoms with Gasteiger partial charge >= 0.3 is 5.97 Å². The molecule has 1 unspecified atom stereocenters. The minimum absolute atomic E-state index is 0.0868. The van der Waals surface area contributed by atoms with E-state index in [4.69, 9.17) is 4.74 Å². The highest BCUT2D eigenvalue weighted by atomic mass is 16.5. The van der Waals surface area contributed by atoms with E-state index in [1.54, 1.807) is 26.0 Å². The van der Waals surface area contributed by atoms with Crippen LogP contribution in [0.15, 0.2) is 36.4 Å². The first-order chi connectivity index (χ1) is 9.47. The lowest BCUT2D eigenvalue weighted by atomic mass is 10.1. The molecule has 0 aliphatic carbocycles. The highest BCUT2D eigenvalue weighted by Gasteiger charge is 2.14. The lowest BCUT2D eigenvalue weighted by Gasteiger charge is -2.08. The molecular weight excluding hydrogens is 256 g/mol. The molecule has 0 radical (unpaired) electrons. The molecule has 0 aliphatic rings. The van der Waals surface area contributed by atoms with Crippen LogP contribution in [0.25, 0.3) is 6.08 Å². The summed E-state index contributed by atoms with van der Waals surface area (Å²) < 4.78 is 4.87. The quantitative estimate of drug-likeness (QED) is 0.613. The molecule has 108 valence electrons. The molecule has 4 heteroatoms. The van der Waals surface area contributed by atoms with Crippen molar-refractivity contribution in [3.05, 3.63) is 42.0 Å². The van der Waals surface area contributed by atoms with E-state index in [0.717, 1.165) is 5.56 Å². The average Bonchev–Trinajstić information content (AvgIpc) is 2.36. The lowest BCUT2D eigenvalue weighted by molar-refractivity contribution is -0.149. The fourth-order valence-corrected chi connectivity index (χ4v) is 1.63. The molecule has 1 aromatic carbocycles. The van der Waals surface area contributed by atoms with Crippen molar-refractivity contribution in [1.82, 2.24) is 0 Å². The van der Waals surface area contributed by atoms with E-state index in [9.17, 15) is 14.7 Å². The minimum Gasteiger partial charge on any atom is -0.463 e. The molecule has 0 aromatic heterocycles. The van der Waals surface area contributed by atoms with Gasteiger partial charge in [0.25, 0.3) is 0 Å². The molecule has 0 saturated carbocycles. The Balaban J connectivity index is 2.38. The summed E-state index contributed by atoms with van der Waals surface area (Å²) in [4.78, 5) is 22.8. The molecule has 1 atom stereocenters. The molecule has 1 N–H and O–H groups in total. The average molecular weight is 276 g/mol. The Labute approximate surface area is 119 Å². The monoisotopic (exact) mass is 276 g/mol. The number of aliphatic hydroxyl groups excluding tert-OH is 1. The van der Waals surface area contributed by atoms with Gasteiger partial charge in [0.15, 0.2) is 0 Å². The minimum atomic E-state index is -0.894. The van der Waals surface area contributed by atoms with Crippen LogP contribution in [-0.4, -0.2) is 29.1 Å². The summed E-state index contributed by atoms with van der Waals surface area (Å²) in [6, 6.07) is 9.46. The van der Waals surface area contributed by atoms with Crippen molar-refractivity contribution in [3.63, 3.8) is 0 Å². The van der Waals surface area contributed by atoms with Crippen LogP contribution < -0.4 is 0 Å². The van der Waals surface area contributed by atoms with Crippen molar-refractivity contribution >= 4 is 17.8 Å². The van der Waals surface area contributed by atoms with Gasteiger partial charge in [-0.15, -0.1) is 0 Å². The zero-order chi connectivity index (χ0) is 15.0. The van der Waals surface area contributed by atoms with Gasteiger partial charge < -0.3 is 9.84 Å². The van der Waals surface area contributed by atoms with Gasteiger partial charge in [-0.2, -0.15) is 0 Å². The summed E-state index contributed by atoms with van der Waals surface area (Å²) in [6.45, 7) is 3.44. The van der Waals surface area contributed by atoms with Crippen LogP contribution in [0.2, 0.25) is 0 Å². The van der Waals surface area contributed by atoms with Gasteiger partial charge in [-0.3, -0.25) is 9.59 Å². The number of benzene rings is 1. The van der Waals surface area contributed by atoms with Gasteiger partial charge in [-0.25, -0.2) is 0 Å². The van der Waals surface area contributed by atoms with Crippen LogP contribution in [0.5, 0.6) is 0 Å². The van der Waals surface area contributed by atoms with Crippen LogP contribution in [0, 0.1) is 0 Å². The summed E-state index contributed by atoms with van der Waals surface area (Å²) in [5.74, 6) is -0.884. The Morgan fingerprint density at radius 1 is 1.25 bits per heavy atom. The Morgan fingerprint density at radius 3 is 2.50 bits per heavy atom. The lowest BCUT2D eigenvalue weighted by Crippen LogP contribution is -2.18. The number of ether oxygens (including phenoxy) is 1. The van der Waals surface area contributed by atoms with Crippen LogP contribution in [-0.2, 0) is 14.3 Å². The van der Waals surface area contributed by atoms with Gasteiger partial charge in [-0.1, -0.05) is 42.5 Å². The molecule has 0 aliphatic heterocycles. The molecule has 0 saturated heterocycles. The largest absolute Gasteiger partial charge is 0.463 e. The smallest absolute Gasteiger partial charge is 0.313 e. The molecule has 0 heterocycles. The molecule has 0 spiro atoms. The number of carbonyl (C=O) groups excluding carboxylic acids is 2. The second kappa shape index (κ2) is 8.27. The fourth-order valence-electron chi connectivity index (χ4n) is 1.63. The number of aliphatic hydroxyl groups is 1. The maximum atomic E-state index is 11.6. The summed E-state index contributed by atoms with van der Waals surface area (Å²) >= 11 is 0. The predicted molar refractivity (Wildman–Crippen MR) is 77.0 cm³/mol. The van der Waals surface area contributed by atoms with Crippen molar-refractivity contribution in [2.75, 3.05) is 0 Å². The highest BCUT2D eigenvalue weighted by molar-refractivity contribution is 5.95. The molecule has 1 rings (SSSR count). The van der Waals surface area contributed by atoms with E-state index in [1.165, 1.54) is 0 Å². The second-order valence-corrected chi connectivity index (χ2v) is 4.80. The third-order valence-electron chi connectivity index (χ3n) is 2.46. The molecule has 1 aromatic rings. The van der Waals surface area contributed by atoms with Crippen molar-refractivity contribution < 1.29 is 19.4 Å². The van der Waals surface area contributed by atoms with Gasteiger partial charge in [-0.05, 0) is 19.4 Å². The first kappa shape index (κ1) is 16.1. The third kappa shape index (κ3) is 6.85. The van der Waals surface area contributed by atoms with E-state index < -0.39 is 12.1 Å². The van der Waals surface area contributed by atoms with E-state index in [0.29, 0.717) is 0 Å². The Bertz CT molecular complexity index is 463. The van der Waals surface area contributed by atoms with Crippen LogP contribution in [0.4, 0.5) is 0 Å². The number of hydrogen-bond acceptors (Lipinski definition) is 4. The van der Waals surface area contributed by atoms with Crippen LogP contribution in [0.1, 0.15) is 32.3 Å². The first-order valence-corrected chi connectivity index (χ1v) is 6.60. The fraction of sp³-hybridized carbons (Fsp3) is 0.375. The number of esters is 1. The van der Waals surface area contributed by atoms with Crippen molar-refractivity contribution in [2.24, 2.45) is 0 Å². The number of ketones is 1. The number of carbonyl (C=O) groups is 2. The Hall–Kier alpha value is -1.94. The van der Waals surface area contributed by atoms with E-state index >= 15 is 0 Å². The normalized spacial score (nSPS) is 12.6. The van der Waals surface area contributed by atoms with Gasteiger partial charge in [0.1, 0.15) is 12.2 Å². The molecule has 20 heavy (non-hydrogen) atoms. The molecular formula is C16H20O4. The Morgan fingerprint density at radius 2 is 1.90 bits per heavy atom. The van der Waals surface area contributed by atoms with Crippen LogP contribution >= 0.6 is 0 Å². The summed E-state index contributed by atoms with van der Waals surface area (Å²) in [5.41, 5.74) is 0.943. The predicted octanol–water partition coefficient (Wildman–Crippen LogP) is 2.36. The number of hydrogen-bond donors (Lipinski definition) is 1. The molecule has 0 bridgehead atoms. The SMILES string of the molecule is CC(C)OC(=O)CC(=O)CC(O)/C=C/c1ccccc1. The molecule has 0 amide bonds. The standard InChI is InChI=1S/C16H20O4/c1-12(2)20-16(19)11-15(18)10-14(17)9-8-13-6-4-3-5-7-13/h3-9,12,14,17H,10-11H2,1-2H3/b9-8+. The van der Waals surface area contributed by atoms with Crippen molar-refractivity contribution in [2.45, 2.75) is 38.9 Å². The second-order valence-electron chi connectivity index (χ2n) is 4.80. The maximum absolute atomic E-state index is 11.6. The van der Waals surface area contributed by atoms with Gasteiger partial charge in [0, 0.05) is 6.42 Å². The number of Topliss-reactive ketones (excluding diaryl/α,β-unsaturated/α-hetero) is 1. The topological polar surface area (TPSA) is 63.6 Å². The van der Waals surface area contributed by atoms with E-state index in [2.05, 4.69) is 0 Å². The summed E-state index contributed by atoms with van der Waals surface area (Å²) in [7, 11) is 0. The number of rotatable bonds is 7. The molecule has 0 fully saturated rings. The van der Waals surface area contributed by atoms with E-state index in [1.807, 2.05) is 30.3 Å². The molecule has 4 nitrogen and oxygen atoms in total. The van der Waals surface area contributed by atoms with Gasteiger partial charge in [0.2, 0.25) is 0 Å². The summed E-state index contributed by atoms with van der Waals surface area (Å²) in [6.07, 6.45) is 1.77. The maximum Gasteiger partial charge on any atom is 0.313 e. The zero-order valence-electron chi connectivity index (χ0n) is 11.8. The van der Waals surface area contributed by atoms with Gasteiger partial charge in [0.05, 0.1) is 12.2 Å².